The van der Waals surface area contributed by atoms with Gasteiger partial charge in [-0.3, -0.25) is 0 Å². The maximum atomic E-state index is 13.0. The number of aromatic nitrogens is 2. The van der Waals surface area contributed by atoms with Gasteiger partial charge in [-0.15, -0.1) is 0 Å². The van der Waals surface area contributed by atoms with Crippen LogP contribution in [0, 0.1) is 5.82 Å². The lowest BCUT2D eigenvalue weighted by atomic mass is 10.1. The Morgan fingerprint density at radius 2 is 2.26 bits per heavy atom. The molecule has 0 bridgehead atoms. The molecule has 1 aliphatic carbocycles. The van der Waals surface area contributed by atoms with Crippen molar-refractivity contribution in [3.8, 4) is 0 Å². The quantitative estimate of drug-likeness (QED) is 0.883. The van der Waals surface area contributed by atoms with E-state index in [1.165, 1.54) is 25.0 Å². The van der Waals surface area contributed by atoms with Gasteiger partial charge >= 0.3 is 0 Å². The number of nitrogens with zero attached hydrogens (tertiary/aromatic N) is 1. The summed E-state index contributed by atoms with van der Waals surface area (Å²) in [7, 11) is 0. The van der Waals surface area contributed by atoms with Crippen LogP contribution in [-0.2, 0) is 13.0 Å². The molecule has 1 aromatic carbocycles. The summed E-state index contributed by atoms with van der Waals surface area (Å²) in [6.45, 7) is 0.814. The second kappa shape index (κ2) is 5.31. The van der Waals surface area contributed by atoms with Crippen LogP contribution >= 0.6 is 11.6 Å². The zero-order valence-corrected chi connectivity index (χ0v) is 11.2. The van der Waals surface area contributed by atoms with Crippen LogP contribution in [0.5, 0.6) is 0 Å². The third-order valence-corrected chi connectivity index (χ3v) is 3.56. The molecular formula is C14H15ClFN3. The summed E-state index contributed by atoms with van der Waals surface area (Å²) >= 11 is 6.00. The van der Waals surface area contributed by atoms with Gasteiger partial charge in [-0.1, -0.05) is 17.7 Å². The Kier molecular flexibility index (Phi) is 3.53. The van der Waals surface area contributed by atoms with E-state index in [1.807, 2.05) is 6.20 Å². The van der Waals surface area contributed by atoms with Crippen LogP contribution in [0.2, 0.25) is 5.02 Å². The Bertz CT molecular complexity index is 578. The highest BCUT2D eigenvalue weighted by molar-refractivity contribution is 6.31. The Balaban J connectivity index is 1.65. The monoisotopic (exact) mass is 279 g/mol. The number of aromatic amines is 1. The van der Waals surface area contributed by atoms with Gasteiger partial charge in [0.15, 0.2) is 0 Å². The van der Waals surface area contributed by atoms with Gasteiger partial charge in [0, 0.05) is 35.9 Å². The van der Waals surface area contributed by atoms with Gasteiger partial charge in [0.05, 0.1) is 0 Å². The summed E-state index contributed by atoms with van der Waals surface area (Å²) in [6, 6.07) is 5.12. The molecule has 1 aromatic heterocycles. The maximum Gasteiger partial charge on any atom is 0.124 e. The first-order chi connectivity index (χ1) is 9.20. The Hall–Kier alpha value is -1.39. The average molecular weight is 280 g/mol. The number of benzene rings is 1. The summed E-state index contributed by atoms with van der Waals surface area (Å²) in [5.41, 5.74) is 1.94. The number of nitrogens with one attached hydrogen (secondary N) is 2. The van der Waals surface area contributed by atoms with Gasteiger partial charge in [0.25, 0.3) is 0 Å². The van der Waals surface area contributed by atoms with Gasteiger partial charge in [-0.2, -0.15) is 0 Å². The molecule has 5 heteroatoms. The largest absolute Gasteiger partial charge is 0.345 e. The van der Waals surface area contributed by atoms with Crippen molar-refractivity contribution in [2.45, 2.75) is 31.8 Å². The predicted octanol–water partition coefficient (Wildman–Crippen LogP) is 3.05. The molecule has 1 saturated carbocycles. The molecule has 1 fully saturated rings. The molecule has 1 heterocycles. The first-order valence-corrected chi connectivity index (χ1v) is 6.78. The Morgan fingerprint density at radius 1 is 1.42 bits per heavy atom. The molecule has 3 rings (SSSR count). The van der Waals surface area contributed by atoms with E-state index in [9.17, 15) is 4.39 Å². The van der Waals surface area contributed by atoms with Gasteiger partial charge < -0.3 is 10.3 Å². The van der Waals surface area contributed by atoms with Crippen molar-refractivity contribution >= 4 is 11.6 Å². The highest BCUT2D eigenvalue weighted by Gasteiger charge is 2.20. The van der Waals surface area contributed by atoms with E-state index in [0.717, 1.165) is 23.6 Å². The van der Waals surface area contributed by atoms with E-state index in [-0.39, 0.29) is 5.82 Å². The van der Waals surface area contributed by atoms with Crippen molar-refractivity contribution in [3.05, 3.63) is 52.3 Å². The van der Waals surface area contributed by atoms with E-state index in [0.29, 0.717) is 17.5 Å². The van der Waals surface area contributed by atoms with E-state index >= 15 is 0 Å². The molecule has 100 valence electrons. The molecule has 0 aliphatic heterocycles. The summed E-state index contributed by atoms with van der Waals surface area (Å²) in [5.74, 6) is 0.531. The lowest BCUT2D eigenvalue weighted by Crippen LogP contribution is -2.15. The number of imidazole rings is 1. The lowest BCUT2D eigenvalue weighted by molar-refractivity contribution is 0.627. The fourth-order valence-electron chi connectivity index (χ4n) is 1.97. The van der Waals surface area contributed by atoms with E-state index in [2.05, 4.69) is 15.3 Å². The normalized spacial score (nSPS) is 14.8. The van der Waals surface area contributed by atoms with Gasteiger partial charge in [-0.05, 0) is 30.5 Å². The minimum Gasteiger partial charge on any atom is -0.345 e. The number of H-pyrrole nitrogens is 1. The maximum absolute atomic E-state index is 13.0. The number of hydrogen-bond donors (Lipinski definition) is 2. The molecule has 1 aliphatic rings. The van der Waals surface area contributed by atoms with E-state index in [4.69, 9.17) is 11.6 Å². The van der Waals surface area contributed by atoms with Crippen molar-refractivity contribution in [2.75, 3.05) is 0 Å². The second-order valence-electron chi connectivity index (χ2n) is 4.92. The van der Waals surface area contributed by atoms with E-state index in [1.54, 1.807) is 6.07 Å². The van der Waals surface area contributed by atoms with Crippen LogP contribution in [0.4, 0.5) is 4.39 Å². The van der Waals surface area contributed by atoms with Gasteiger partial charge in [-0.25, -0.2) is 9.37 Å². The van der Waals surface area contributed by atoms with Crippen molar-refractivity contribution in [3.63, 3.8) is 0 Å². The lowest BCUT2D eigenvalue weighted by Gasteiger charge is -2.02. The van der Waals surface area contributed by atoms with Gasteiger partial charge in [0.2, 0.25) is 0 Å². The first kappa shape index (κ1) is 12.6. The van der Waals surface area contributed by atoms with Crippen LogP contribution in [0.25, 0.3) is 0 Å². The standard InChI is InChI=1S/C14H15ClFN3/c15-13-6-10(16)2-1-9(13)5-14-18-8-12(19-14)7-17-11-3-4-11/h1-2,6,8,11,17H,3-5,7H2,(H,18,19). The van der Waals surface area contributed by atoms with Crippen molar-refractivity contribution in [1.29, 1.82) is 0 Å². The molecule has 2 N–H and O–H groups in total. The minimum absolute atomic E-state index is 0.317. The molecule has 3 nitrogen and oxygen atoms in total. The summed E-state index contributed by atoms with van der Waals surface area (Å²) < 4.78 is 13.0. The zero-order chi connectivity index (χ0) is 13.2. The molecular weight excluding hydrogens is 265 g/mol. The van der Waals surface area contributed by atoms with Crippen LogP contribution in [0.15, 0.2) is 24.4 Å². The fourth-order valence-corrected chi connectivity index (χ4v) is 2.21. The van der Waals surface area contributed by atoms with Crippen LogP contribution in [0.1, 0.15) is 29.9 Å². The van der Waals surface area contributed by atoms with Crippen LogP contribution in [-0.4, -0.2) is 16.0 Å². The smallest absolute Gasteiger partial charge is 0.124 e. The molecule has 0 amide bonds. The van der Waals surface area contributed by atoms with Crippen molar-refractivity contribution in [1.82, 2.24) is 15.3 Å². The van der Waals surface area contributed by atoms with Crippen LogP contribution in [0.3, 0.4) is 0 Å². The fraction of sp³-hybridized carbons (Fsp3) is 0.357. The Labute approximate surface area is 116 Å². The first-order valence-electron chi connectivity index (χ1n) is 6.41. The third kappa shape index (κ3) is 3.33. The highest BCUT2D eigenvalue weighted by Crippen LogP contribution is 2.20. The van der Waals surface area contributed by atoms with Crippen molar-refractivity contribution in [2.24, 2.45) is 0 Å². The number of halogens is 2. The van der Waals surface area contributed by atoms with E-state index < -0.39 is 0 Å². The molecule has 19 heavy (non-hydrogen) atoms. The average Bonchev–Trinajstić information content (AvgIpc) is 3.10. The predicted molar refractivity (Wildman–Crippen MR) is 72.7 cm³/mol. The molecule has 0 unspecified atom stereocenters. The molecule has 0 saturated heterocycles. The summed E-state index contributed by atoms with van der Waals surface area (Å²) in [4.78, 5) is 7.59. The van der Waals surface area contributed by atoms with Crippen molar-refractivity contribution < 1.29 is 4.39 Å². The Morgan fingerprint density at radius 3 is 3.00 bits per heavy atom. The molecule has 2 aromatic rings. The minimum atomic E-state index is -0.317. The van der Waals surface area contributed by atoms with Crippen LogP contribution < -0.4 is 5.32 Å². The third-order valence-electron chi connectivity index (χ3n) is 3.21. The summed E-state index contributed by atoms with van der Waals surface area (Å²) in [5, 5.41) is 3.86. The highest BCUT2D eigenvalue weighted by atomic mass is 35.5. The summed E-state index contributed by atoms with van der Waals surface area (Å²) in [6.07, 6.45) is 4.96. The SMILES string of the molecule is Fc1ccc(Cc2ncc(CNC3CC3)[nH]2)c(Cl)c1. The zero-order valence-electron chi connectivity index (χ0n) is 10.4. The topological polar surface area (TPSA) is 40.7 Å². The van der Waals surface area contributed by atoms with Gasteiger partial charge in [0.1, 0.15) is 11.6 Å². The molecule has 0 atom stereocenters. The second-order valence-corrected chi connectivity index (χ2v) is 5.33. The molecule has 0 radical (unpaired) electrons. The number of hydrogen-bond acceptors (Lipinski definition) is 2. The number of rotatable bonds is 5. The molecule has 0 spiro atoms.